The van der Waals surface area contributed by atoms with Crippen molar-refractivity contribution in [2.45, 2.75) is 60.3 Å². The van der Waals surface area contributed by atoms with Gasteiger partial charge in [0, 0.05) is 0 Å². The summed E-state index contributed by atoms with van der Waals surface area (Å²) in [6.45, 7) is 11.8. The average Bonchev–Trinajstić information content (AvgIpc) is 1.96. The van der Waals surface area contributed by atoms with Crippen LogP contribution >= 0.6 is 0 Å². The van der Waals surface area contributed by atoms with Gasteiger partial charge in [0.25, 0.3) is 0 Å². The van der Waals surface area contributed by atoms with Crippen LogP contribution in [0.3, 0.4) is 0 Å². The van der Waals surface area contributed by atoms with Gasteiger partial charge in [0.1, 0.15) is 0 Å². The lowest BCUT2D eigenvalue weighted by Crippen LogP contribution is -2.38. The van der Waals surface area contributed by atoms with Crippen LogP contribution in [-0.2, 0) is 0 Å². The van der Waals surface area contributed by atoms with Gasteiger partial charge in [-0.05, 0) is 36.0 Å². The Morgan fingerprint density at radius 2 is 1.62 bits per heavy atom. The topological polar surface area (TPSA) is 0 Å². The highest BCUT2D eigenvalue weighted by Crippen LogP contribution is 2.49. The molecule has 3 atom stereocenters. The molecule has 0 aliphatic heterocycles. The van der Waals surface area contributed by atoms with Gasteiger partial charge in [-0.15, -0.1) is 0 Å². The van der Waals surface area contributed by atoms with Gasteiger partial charge in [-0.1, -0.05) is 47.5 Å². The Bertz CT molecular complexity index is 152. The van der Waals surface area contributed by atoms with Crippen LogP contribution in [0.15, 0.2) is 0 Å². The van der Waals surface area contributed by atoms with E-state index in [-0.39, 0.29) is 0 Å². The first-order valence-corrected chi connectivity index (χ1v) is 5.98. The van der Waals surface area contributed by atoms with E-state index in [0.29, 0.717) is 5.41 Å². The molecular formula is C13H26. The monoisotopic (exact) mass is 182 g/mol. The molecule has 0 N–H and O–H groups in total. The molecule has 0 bridgehead atoms. The van der Waals surface area contributed by atoms with E-state index in [1.165, 1.54) is 25.7 Å². The normalized spacial score (nSPS) is 34.4. The summed E-state index contributed by atoms with van der Waals surface area (Å²) in [5, 5.41) is 0. The standard InChI is InChI=1S/C13H26/c1-6-10-8-11(12(10)7-2)9-13(3,4)5/h10-12H,6-9H2,1-5H3. The molecular weight excluding hydrogens is 156 g/mol. The van der Waals surface area contributed by atoms with E-state index in [2.05, 4.69) is 34.6 Å². The van der Waals surface area contributed by atoms with Gasteiger partial charge in [0.2, 0.25) is 0 Å². The molecule has 13 heavy (non-hydrogen) atoms. The van der Waals surface area contributed by atoms with Crippen LogP contribution in [0.25, 0.3) is 0 Å². The minimum atomic E-state index is 0.538. The second-order valence-electron chi connectivity index (χ2n) is 6.00. The van der Waals surface area contributed by atoms with Gasteiger partial charge in [0.05, 0.1) is 0 Å². The molecule has 0 aromatic rings. The molecule has 0 saturated heterocycles. The molecule has 3 unspecified atom stereocenters. The van der Waals surface area contributed by atoms with Crippen molar-refractivity contribution in [2.24, 2.45) is 23.2 Å². The van der Waals surface area contributed by atoms with Crippen LogP contribution in [0, 0.1) is 23.2 Å². The summed E-state index contributed by atoms with van der Waals surface area (Å²) in [5.41, 5.74) is 0.538. The second-order valence-corrected chi connectivity index (χ2v) is 6.00. The molecule has 1 fully saturated rings. The third-order valence-electron chi connectivity index (χ3n) is 3.69. The van der Waals surface area contributed by atoms with Gasteiger partial charge >= 0.3 is 0 Å². The van der Waals surface area contributed by atoms with Crippen molar-refractivity contribution >= 4 is 0 Å². The SMILES string of the molecule is CCC1CC(CC(C)(C)C)C1CC. The predicted molar refractivity (Wildman–Crippen MR) is 59.7 cm³/mol. The average molecular weight is 182 g/mol. The first-order valence-electron chi connectivity index (χ1n) is 5.98. The van der Waals surface area contributed by atoms with Gasteiger partial charge in [0.15, 0.2) is 0 Å². The summed E-state index contributed by atoms with van der Waals surface area (Å²) < 4.78 is 0. The van der Waals surface area contributed by atoms with Crippen LogP contribution in [-0.4, -0.2) is 0 Å². The summed E-state index contributed by atoms with van der Waals surface area (Å²) in [7, 11) is 0. The van der Waals surface area contributed by atoms with Crippen LogP contribution in [0.5, 0.6) is 0 Å². The van der Waals surface area contributed by atoms with Crippen molar-refractivity contribution in [1.82, 2.24) is 0 Å². The molecule has 0 nitrogen and oxygen atoms in total. The van der Waals surface area contributed by atoms with Gasteiger partial charge in [-0.2, -0.15) is 0 Å². The fourth-order valence-corrected chi connectivity index (χ4v) is 3.08. The van der Waals surface area contributed by atoms with Crippen molar-refractivity contribution in [3.63, 3.8) is 0 Å². The highest BCUT2D eigenvalue weighted by molar-refractivity contribution is 4.89. The van der Waals surface area contributed by atoms with E-state index in [4.69, 9.17) is 0 Å². The maximum absolute atomic E-state index is 2.37. The lowest BCUT2D eigenvalue weighted by Gasteiger charge is -2.47. The minimum Gasteiger partial charge on any atom is -0.0651 e. The lowest BCUT2D eigenvalue weighted by atomic mass is 9.59. The molecule has 0 radical (unpaired) electrons. The summed E-state index contributed by atoms with van der Waals surface area (Å²) in [6, 6.07) is 0. The van der Waals surface area contributed by atoms with E-state index in [1.807, 2.05) is 0 Å². The zero-order chi connectivity index (χ0) is 10.1. The largest absolute Gasteiger partial charge is 0.0651 e. The Labute approximate surface area is 84.1 Å². The molecule has 1 rings (SSSR count). The van der Waals surface area contributed by atoms with E-state index in [9.17, 15) is 0 Å². The maximum atomic E-state index is 2.37. The van der Waals surface area contributed by atoms with Gasteiger partial charge in [-0.25, -0.2) is 0 Å². The number of rotatable bonds is 3. The Hall–Kier alpha value is 0. The van der Waals surface area contributed by atoms with Crippen molar-refractivity contribution < 1.29 is 0 Å². The smallest absolute Gasteiger partial charge is 0.0360 e. The molecule has 0 aromatic heterocycles. The Kier molecular flexibility index (Phi) is 3.43. The van der Waals surface area contributed by atoms with E-state index in [1.54, 1.807) is 0 Å². The van der Waals surface area contributed by atoms with Crippen molar-refractivity contribution in [3.8, 4) is 0 Å². The fraction of sp³-hybridized carbons (Fsp3) is 1.00. The minimum absolute atomic E-state index is 0.538. The zero-order valence-corrected chi connectivity index (χ0v) is 10.1. The molecule has 1 saturated carbocycles. The Morgan fingerprint density at radius 3 is 2.00 bits per heavy atom. The fourth-order valence-electron chi connectivity index (χ4n) is 3.08. The summed E-state index contributed by atoms with van der Waals surface area (Å²) in [5.74, 6) is 3.14. The number of hydrogen-bond donors (Lipinski definition) is 0. The van der Waals surface area contributed by atoms with Crippen LogP contribution in [0.4, 0.5) is 0 Å². The van der Waals surface area contributed by atoms with Gasteiger partial charge < -0.3 is 0 Å². The lowest BCUT2D eigenvalue weighted by molar-refractivity contribution is 0.0323. The van der Waals surface area contributed by atoms with Gasteiger partial charge in [-0.3, -0.25) is 0 Å². The molecule has 0 spiro atoms. The molecule has 0 heterocycles. The van der Waals surface area contributed by atoms with E-state index >= 15 is 0 Å². The highest BCUT2D eigenvalue weighted by atomic mass is 14.4. The van der Waals surface area contributed by atoms with E-state index in [0.717, 1.165) is 17.8 Å². The summed E-state index contributed by atoms with van der Waals surface area (Å²) >= 11 is 0. The van der Waals surface area contributed by atoms with E-state index < -0.39 is 0 Å². The Morgan fingerprint density at radius 1 is 1.00 bits per heavy atom. The quantitative estimate of drug-likeness (QED) is 0.603. The van der Waals surface area contributed by atoms with Crippen molar-refractivity contribution in [3.05, 3.63) is 0 Å². The third-order valence-corrected chi connectivity index (χ3v) is 3.69. The highest BCUT2D eigenvalue weighted by Gasteiger charge is 2.39. The second kappa shape index (κ2) is 4.02. The third kappa shape index (κ3) is 2.72. The van der Waals surface area contributed by atoms with Crippen LogP contribution < -0.4 is 0 Å². The predicted octanol–water partition coefficient (Wildman–Crippen LogP) is 4.49. The summed E-state index contributed by atoms with van der Waals surface area (Å²) in [6.07, 6.45) is 5.74. The number of hydrogen-bond acceptors (Lipinski definition) is 0. The first-order chi connectivity index (χ1) is 5.98. The van der Waals surface area contributed by atoms with Crippen molar-refractivity contribution in [1.29, 1.82) is 0 Å². The molecule has 1 aliphatic rings. The molecule has 0 amide bonds. The molecule has 0 heteroatoms. The zero-order valence-electron chi connectivity index (χ0n) is 10.1. The maximum Gasteiger partial charge on any atom is -0.0360 e. The molecule has 1 aliphatic carbocycles. The Balaban J connectivity index is 2.38. The van der Waals surface area contributed by atoms with Crippen molar-refractivity contribution in [2.75, 3.05) is 0 Å². The first kappa shape index (κ1) is 11.1. The molecule has 0 aromatic carbocycles. The molecule has 78 valence electrons. The van der Waals surface area contributed by atoms with Crippen LogP contribution in [0.1, 0.15) is 60.3 Å². The summed E-state index contributed by atoms with van der Waals surface area (Å²) in [4.78, 5) is 0. The van der Waals surface area contributed by atoms with Crippen LogP contribution in [0.2, 0.25) is 0 Å².